The molecule has 1 heterocycles. The molecule has 4 heteroatoms. The van der Waals surface area contributed by atoms with Gasteiger partial charge in [0.1, 0.15) is 5.75 Å². The number of hydrogen-bond donors (Lipinski definition) is 1. The SMILES string of the molecule is COc1ccccc1C(=O)N1CCC(N)C1. The lowest BCUT2D eigenvalue weighted by Gasteiger charge is -2.17. The molecular formula is C12H16N2O2. The Morgan fingerprint density at radius 1 is 1.50 bits per heavy atom. The molecule has 1 aliphatic rings. The Morgan fingerprint density at radius 2 is 2.25 bits per heavy atom. The second kappa shape index (κ2) is 4.53. The minimum atomic E-state index is 0.00500. The van der Waals surface area contributed by atoms with Crippen molar-refractivity contribution in [2.24, 2.45) is 5.73 Å². The van der Waals surface area contributed by atoms with Gasteiger partial charge < -0.3 is 15.4 Å². The minimum absolute atomic E-state index is 0.00500. The van der Waals surface area contributed by atoms with E-state index in [1.165, 1.54) is 0 Å². The van der Waals surface area contributed by atoms with Crippen molar-refractivity contribution < 1.29 is 9.53 Å². The number of carbonyl (C=O) groups is 1. The maximum absolute atomic E-state index is 12.2. The summed E-state index contributed by atoms with van der Waals surface area (Å²) >= 11 is 0. The number of hydrogen-bond acceptors (Lipinski definition) is 3. The summed E-state index contributed by atoms with van der Waals surface area (Å²) in [6.07, 6.45) is 0.876. The third kappa shape index (κ3) is 2.02. The van der Waals surface area contributed by atoms with Gasteiger partial charge in [-0.3, -0.25) is 4.79 Å². The Bertz CT molecular complexity index is 392. The normalized spacial score (nSPS) is 19.9. The third-order valence-electron chi connectivity index (χ3n) is 2.85. The summed E-state index contributed by atoms with van der Waals surface area (Å²) in [7, 11) is 1.57. The summed E-state index contributed by atoms with van der Waals surface area (Å²) in [4.78, 5) is 13.9. The average Bonchev–Trinajstić information content (AvgIpc) is 2.75. The molecule has 2 N–H and O–H groups in total. The van der Waals surface area contributed by atoms with Crippen LogP contribution in [0.25, 0.3) is 0 Å². The molecule has 0 radical (unpaired) electrons. The molecule has 0 saturated carbocycles. The van der Waals surface area contributed by atoms with Gasteiger partial charge >= 0.3 is 0 Å². The van der Waals surface area contributed by atoms with Gasteiger partial charge in [0.2, 0.25) is 0 Å². The van der Waals surface area contributed by atoms with Crippen LogP contribution in [0, 0.1) is 0 Å². The first-order valence-electron chi connectivity index (χ1n) is 5.40. The standard InChI is InChI=1S/C12H16N2O2/c1-16-11-5-3-2-4-10(11)12(15)14-7-6-9(13)8-14/h2-5,9H,6-8,13H2,1H3. The van der Waals surface area contributed by atoms with Crippen molar-refractivity contribution in [3.05, 3.63) is 29.8 Å². The first-order chi connectivity index (χ1) is 7.72. The number of ether oxygens (including phenoxy) is 1. The number of para-hydroxylation sites is 1. The van der Waals surface area contributed by atoms with Crippen molar-refractivity contribution in [2.75, 3.05) is 20.2 Å². The fourth-order valence-electron chi connectivity index (χ4n) is 1.96. The van der Waals surface area contributed by atoms with E-state index in [9.17, 15) is 4.79 Å². The molecule has 4 nitrogen and oxygen atoms in total. The first-order valence-corrected chi connectivity index (χ1v) is 5.40. The number of rotatable bonds is 2. The van der Waals surface area contributed by atoms with Crippen molar-refractivity contribution in [3.8, 4) is 5.75 Å². The zero-order chi connectivity index (χ0) is 11.5. The fourth-order valence-corrected chi connectivity index (χ4v) is 1.96. The Labute approximate surface area is 95.0 Å². The average molecular weight is 220 g/mol. The van der Waals surface area contributed by atoms with Gasteiger partial charge in [-0.1, -0.05) is 12.1 Å². The molecule has 0 aromatic heterocycles. The number of nitrogens with two attached hydrogens (primary N) is 1. The molecule has 0 spiro atoms. The molecule has 2 rings (SSSR count). The van der Waals surface area contributed by atoms with Crippen LogP contribution in [0.2, 0.25) is 0 Å². The quantitative estimate of drug-likeness (QED) is 0.804. The van der Waals surface area contributed by atoms with E-state index < -0.39 is 0 Å². The van der Waals surface area contributed by atoms with E-state index >= 15 is 0 Å². The van der Waals surface area contributed by atoms with Crippen LogP contribution in [-0.2, 0) is 0 Å². The number of benzene rings is 1. The van der Waals surface area contributed by atoms with Crippen LogP contribution in [0.3, 0.4) is 0 Å². The van der Waals surface area contributed by atoms with Gasteiger partial charge in [-0.25, -0.2) is 0 Å². The molecule has 1 fully saturated rings. The van der Waals surface area contributed by atoms with E-state index in [-0.39, 0.29) is 11.9 Å². The maximum Gasteiger partial charge on any atom is 0.257 e. The topological polar surface area (TPSA) is 55.6 Å². The van der Waals surface area contributed by atoms with E-state index in [1.807, 2.05) is 12.1 Å². The molecule has 1 aliphatic heterocycles. The summed E-state index contributed by atoms with van der Waals surface area (Å²) in [5, 5.41) is 0. The van der Waals surface area contributed by atoms with Gasteiger partial charge in [-0.15, -0.1) is 0 Å². The molecule has 0 aliphatic carbocycles. The van der Waals surface area contributed by atoms with Gasteiger partial charge in [0.15, 0.2) is 0 Å². The molecule has 16 heavy (non-hydrogen) atoms. The summed E-state index contributed by atoms with van der Waals surface area (Å²) in [5.74, 6) is 0.623. The van der Waals surface area contributed by atoms with Crippen LogP contribution >= 0.6 is 0 Å². The number of methoxy groups -OCH3 is 1. The van der Waals surface area contributed by atoms with Crippen molar-refractivity contribution in [2.45, 2.75) is 12.5 Å². The maximum atomic E-state index is 12.2. The van der Waals surface area contributed by atoms with Crippen LogP contribution in [-0.4, -0.2) is 37.0 Å². The molecule has 1 atom stereocenters. The van der Waals surface area contributed by atoms with Gasteiger partial charge in [-0.2, -0.15) is 0 Å². The highest BCUT2D eigenvalue weighted by Crippen LogP contribution is 2.21. The monoisotopic (exact) mass is 220 g/mol. The third-order valence-corrected chi connectivity index (χ3v) is 2.85. The van der Waals surface area contributed by atoms with Crippen LogP contribution in [0.4, 0.5) is 0 Å². The molecule has 1 aromatic carbocycles. The lowest BCUT2D eigenvalue weighted by Crippen LogP contribution is -2.32. The van der Waals surface area contributed by atoms with Crippen LogP contribution < -0.4 is 10.5 Å². The van der Waals surface area contributed by atoms with Crippen molar-refractivity contribution in [3.63, 3.8) is 0 Å². The van der Waals surface area contributed by atoms with E-state index in [4.69, 9.17) is 10.5 Å². The number of amides is 1. The number of nitrogens with zero attached hydrogens (tertiary/aromatic N) is 1. The first kappa shape index (κ1) is 11.0. The van der Waals surface area contributed by atoms with Gasteiger partial charge in [0.25, 0.3) is 5.91 Å². The Kier molecular flexibility index (Phi) is 3.10. The van der Waals surface area contributed by atoms with Crippen LogP contribution in [0.15, 0.2) is 24.3 Å². The van der Waals surface area contributed by atoms with Gasteiger partial charge in [0.05, 0.1) is 12.7 Å². The van der Waals surface area contributed by atoms with Gasteiger partial charge in [0, 0.05) is 19.1 Å². The Hall–Kier alpha value is -1.55. The predicted molar refractivity (Wildman–Crippen MR) is 61.5 cm³/mol. The zero-order valence-corrected chi connectivity index (χ0v) is 9.35. The molecule has 0 bridgehead atoms. The molecule has 1 aromatic rings. The molecule has 1 unspecified atom stereocenters. The van der Waals surface area contributed by atoms with Crippen molar-refractivity contribution in [1.29, 1.82) is 0 Å². The summed E-state index contributed by atoms with van der Waals surface area (Å²) in [6.45, 7) is 1.37. The highest BCUT2D eigenvalue weighted by Gasteiger charge is 2.25. The lowest BCUT2D eigenvalue weighted by molar-refractivity contribution is 0.0787. The van der Waals surface area contributed by atoms with Crippen LogP contribution in [0.5, 0.6) is 5.75 Å². The molecular weight excluding hydrogens is 204 g/mol. The van der Waals surface area contributed by atoms with Crippen molar-refractivity contribution in [1.82, 2.24) is 4.90 Å². The van der Waals surface area contributed by atoms with E-state index in [2.05, 4.69) is 0 Å². The van der Waals surface area contributed by atoms with Crippen LogP contribution in [0.1, 0.15) is 16.8 Å². The van der Waals surface area contributed by atoms with E-state index in [1.54, 1.807) is 24.1 Å². The number of likely N-dealkylation sites (tertiary alicyclic amines) is 1. The Morgan fingerprint density at radius 3 is 2.88 bits per heavy atom. The second-order valence-corrected chi connectivity index (χ2v) is 4.00. The Balaban J connectivity index is 2.20. The minimum Gasteiger partial charge on any atom is -0.496 e. The predicted octanol–water partition coefficient (Wildman–Crippen LogP) is 0.868. The summed E-state index contributed by atoms with van der Waals surface area (Å²) < 4.78 is 5.17. The smallest absolute Gasteiger partial charge is 0.257 e. The lowest BCUT2D eigenvalue weighted by atomic mass is 10.2. The second-order valence-electron chi connectivity index (χ2n) is 4.00. The highest BCUT2D eigenvalue weighted by molar-refractivity contribution is 5.97. The molecule has 1 saturated heterocycles. The summed E-state index contributed by atoms with van der Waals surface area (Å²) in [6, 6.07) is 7.38. The fraction of sp³-hybridized carbons (Fsp3) is 0.417. The number of carbonyl (C=O) groups excluding carboxylic acids is 1. The largest absolute Gasteiger partial charge is 0.496 e. The van der Waals surface area contributed by atoms with E-state index in [0.717, 1.165) is 13.0 Å². The summed E-state index contributed by atoms with van der Waals surface area (Å²) in [5.41, 5.74) is 6.40. The molecule has 1 amide bonds. The zero-order valence-electron chi connectivity index (χ0n) is 9.35. The van der Waals surface area contributed by atoms with Gasteiger partial charge in [-0.05, 0) is 18.6 Å². The van der Waals surface area contributed by atoms with Crippen molar-refractivity contribution >= 4 is 5.91 Å². The molecule has 86 valence electrons. The van der Waals surface area contributed by atoms with E-state index in [0.29, 0.717) is 17.9 Å². The highest BCUT2D eigenvalue weighted by atomic mass is 16.5.